The Kier molecular flexibility index (Phi) is 5.46. The lowest BCUT2D eigenvalue weighted by Gasteiger charge is -2.33. The first-order chi connectivity index (χ1) is 13.9. The summed E-state index contributed by atoms with van der Waals surface area (Å²) in [5.41, 5.74) is 2.67. The van der Waals surface area contributed by atoms with Crippen molar-refractivity contribution in [1.82, 2.24) is 15.3 Å². The van der Waals surface area contributed by atoms with Crippen LogP contribution in [0, 0.1) is 26.7 Å². The minimum Gasteiger partial charge on any atom is -0.443 e. The van der Waals surface area contributed by atoms with Gasteiger partial charge in [0.15, 0.2) is 0 Å². The van der Waals surface area contributed by atoms with E-state index in [0.717, 1.165) is 47.5 Å². The van der Waals surface area contributed by atoms with E-state index in [1.165, 1.54) is 0 Å². The molecule has 152 valence electrons. The number of anilines is 1. The lowest BCUT2D eigenvalue weighted by molar-refractivity contribution is -0.125. The van der Waals surface area contributed by atoms with Crippen molar-refractivity contribution in [3.8, 4) is 0 Å². The van der Waals surface area contributed by atoms with Crippen molar-refractivity contribution >= 4 is 34.4 Å². The molecule has 1 amide bonds. The van der Waals surface area contributed by atoms with E-state index >= 15 is 0 Å². The second-order valence-electron chi connectivity index (χ2n) is 7.69. The van der Waals surface area contributed by atoms with Crippen molar-refractivity contribution in [2.45, 2.75) is 40.2 Å². The molecule has 0 spiro atoms. The Hall–Kier alpha value is -2.60. The summed E-state index contributed by atoms with van der Waals surface area (Å²) in [5, 5.41) is 4.68. The molecule has 3 heterocycles. The molecule has 29 heavy (non-hydrogen) atoms. The maximum absolute atomic E-state index is 12.8. The summed E-state index contributed by atoms with van der Waals surface area (Å²) in [5.74, 6) is 2.38. The van der Waals surface area contributed by atoms with E-state index < -0.39 is 0 Å². The number of fused-ring (bicyclic) bond motifs is 1. The Bertz CT molecular complexity index is 1060. The van der Waals surface area contributed by atoms with Gasteiger partial charge in [0.25, 0.3) is 0 Å². The van der Waals surface area contributed by atoms with E-state index in [9.17, 15) is 4.79 Å². The van der Waals surface area contributed by atoms with Crippen LogP contribution in [0.5, 0.6) is 0 Å². The minimum atomic E-state index is -0.0819. The number of piperidine rings is 1. The van der Waals surface area contributed by atoms with Gasteiger partial charge in [-0.1, -0.05) is 23.7 Å². The third-order valence-corrected chi connectivity index (χ3v) is 5.80. The molecule has 4 rings (SSSR count). The van der Waals surface area contributed by atoms with Crippen LogP contribution in [0.4, 0.5) is 5.82 Å². The van der Waals surface area contributed by atoms with Crippen molar-refractivity contribution in [2.24, 2.45) is 5.92 Å². The van der Waals surface area contributed by atoms with Crippen LogP contribution in [0.2, 0.25) is 5.02 Å². The maximum Gasteiger partial charge on any atom is 0.231 e. The molecule has 3 aromatic rings. The second kappa shape index (κ2) is 8.03. The molecule has 1 aliphatic heterocycles. The van der Waals surface area contributed by atoms with E-state index in [0.29, 0.717) is 29.7 Å². The Morgan fingerprint density at radius 1 is 1.31 bits per heavy atom. The molecule has 1 saturated heterocycles. The molecule has 1 atom stereocenters. The molecule has 0 bridgehead atoms. The standard InChI is InChI=1S/C22H25ClN4O2/c1-13-14(2)29-22-19(13)20(25-15(3)26-22)27-9-5-7-17(12-27)21(28)24-11-16-6-4-8-18(23)10-16/h4,6,8,10,17H,5,7,9,11-12H2,1-3H3,(H,24,28)/t17-/m0/s1. The fourth-order valence-electron chi connectivity index (χ4n) is 3.93. The smallest absolute Gasteiger partial charge is 0.231 e. The Morgan fingerprint density at radius 3 is 2.93 bits per heavy atom. The SMILES string of the molecule is Cc1nc(N2CCC[C@H](C(=O)NCc3cccc(Cl)c3)C2)c2c(C)c(C)oc2n1. The van der Waals surface area contributed by atoms with Gasteiger partial charge in [-0.15, -0.1) is 0 Å². The fraction of sp³-hybridized carbons (Fsp3) is 0.409. The molecule has 0 radical (unpaired) electrons. The Balaban J connectivity index is 1.51. The molecular formula is C22H25ClN4O2. The second-order valence-corrected chi connectivity index (χ2v) is 8.13. The van der Waals surface area contributed by atoms with Crippen molar-refractivity contribution < 1.29 is 9.21 Å². The number of hydrogen-bond acceptors (Lipinski definition) is 5. The van der Waals surface area contributed by atoms with Gasteiger partial charge in [-0.3, -0.25) is 4.79 Å². The molecule has 1 aliphatic rings. The number of halogens is 1. The lowest BCUT2D eigenvalue weighted by Crippen LogP contribution is -2.43. The average Bonchev–Trinajstić information content (AvgIpc) is 2.99. The summed E-state index contributed by atoms with van der Waals surface area (Å²) in [6.45, 7) is 7.83. The van der Waals surface area contributed by atoms with Gasteiger partial charge in [-0.25, -0.2) is 4.98 Å². The highest BCUT2D eigenvalue weighted by atomic mass is 35.5. The molecule has 0 aliphatic carbocycles. The first kappa shape index (κ1) is 19.7. The Labute approximate surface area is 175 Å². The van der Waals surface area contributed by atoms with Crippen LogP contribution in [0.15, 0.2) is 28.7 Å². The molecule has 6 nitrogen and oxygen atoms in total. The van der Waals surface area contributed by atoms with E-state index in [-0.39, 0.29) is 11.8 Å². The van der Waals surface area contributed by atoms with E-state index in [2.05, 4.69) is 15.2 Å². The predicted molar refractivity (Wildman–Crippen MR) is 114 cm³/mol. The van der Waals surface area contributed by atoms with Crippen molar-refractivity contribution in [1.29, 1.82) is 0 Å². The van der Waals surface area contributed by atoms with Crippen molar-refractivity contribution in [2.75, 3.05) is 18.0 Å². The third-order valence-electron chi connectivity index (χ3n) is 5.57. The lowest BCUT2D eigenvalue weighted by atomic mass is 9.96. The van der Waals surface area contributed by atoms with Gasteiger partial charge < -0.3 is 14.6 Å². The zero-order valence-corrected chi connectivity index (χ0v) is 17.7. The highest BCUT2D eigenvalue weighted by Gasteiger charge is 2.29. The quantitative estimate of drug-likeness (QED) is 0.690. The van der Waals surface area contributed by atoms with Crippen LogP contribution in [0.25, 0.3) is 11.1 Å². The van der Waals surface area contributed by atoms with Crippen molar-refractivity contribution in [3.05, 3.63) is 52.0 Å². The fourth-order valence-corrected chi connectivity index (χ4v) is 4.14. The maximum atomic E-state index is 12.8. The normalized spacial score (nSPS) is 17.0. The summed E-state index contributed by atoms with van der Waals surface area (Å²) >= 11 is 6.03. The van der Waals surface area contributed by atoms with Gasteiger partial charge in [0.1, 0.15) is 17.4 Å². The number of nitrogens with one attached hydrogen (secondary N) is 1. The zero-order valence-electron chi connectivity index (χ0n) is 17.0. The van der Waals surface area contributed by atoms with Crippen LogP contribution < -0.4 is 10.2 Å². The number of benzene rings is 1. The third kappa shape index (κ3) is 4.08. The van der Waals surface area contributed by atoms with Gasteiger partial charge in [0.05, 0.1) is 11.3 Å². The molecule has 1 fully saturated rings. The molecule has 2 aromatic heterocycles. The number of aromatic nitrogens is 2. The van der Waals surface area contributed by atoms with Crippen LogP contribution in [0.3, 0.4) is 0 Å². The number of aryl methyl sites for hydroxylation is 3. The van der Waals surface area contributed by atoms with E-state index in [1.807, 2.05) is 45.0 Å². The van der Waals surface area contributed by atoms with Crippen LogP contribution in [-0.4, -0.2) is 29.0 Å². The Morgan fingerprint density at radius 2 is 2.14 bits per heavy atom. The van der Waals surface area contributed by atoms with Crippen LogP contribution >= 0.6 is 11.6 Å². The number of hydrogen-bond donors (Lipinski definition) is 1. The first-order valence-corrected chi connectivity index (χ1v) is 10.3. The molecule has 0 saturated carbocycles. The number of carbonyl (C=O) groups is 1. The van der Waals surface area contributed by atoms with Gasteiger partial charge >= 0.3 is 0 Å². The predicted octanol–water partition coefficient (Wildman–Crippen LogP) is 4.33. The number of carbonyl (C=O) groups excluding carboxylic acids is 1. The number of amides is 1. The summed E-state index contributed by atoms with van der Waals surface area (Å²) in [7, 11) is 0. The van der Waals surface area contributed by atoms with Crippen LogP contribution in [-0.2, 0) is 11.3 Å². The number of furan rings is 1. The number of nitrogens with zero attached hydrogens (tertiary/aromatic N) is 3. The zero-order chi connectivity index (χ0) is 20.5. The van der Waals surface area contributed by atoms with Gasteiger partial charge in [-0.2, -0.15) is 4.98 Å². The highest BCUT2D eigenvalue weighted by Crippen LogP contribution is 2.33. The number of rotatable bonds is 4. The molecule has 7 heteroatoms. The van der Waals surface area contributed by atoms with Crippen molar-refractivity contribution in [3.63, 3.8) is 0 Å². The summed E-state index contributed by atoms with van der Waals surface area (Å²) in [6.07, 6.45) is 1.81. The molecule has 0 unspecified atom stereocenters. The van der Waals surface area contributed by atoms with E-state index in [1.54, 1.807) is 0 Å². The summed E-state index contributed by atoms with van der Waals surface area (Å²) in [6, 6.07) is 7.56. The molecule has 1 N–H and O–H groups in total. The van der Waals surface area contributed by atoms with E-state index in [4.69, 9.17) is 21.0 Å². The largest absolute Gasteiger partial charge is 0.443 e. The molecule has 1 aromatic carbocycles. The highest BCUT2D eigenvalue weighted by molar-refractivity contribution is 6.30. The monoisotopic (exact) mass is 412 g/mol. The summed E-state index contributed by atoms with van der Waals surface area (Å²) < 4.78 is 5.81. The minimum absolute atomic E-state index is 0.0665. The topological polar surface area (TPSA) is 71.3 Å². The van der Waals surface area contributed by atoms with Crippen LogP contribution in [0.1, 0.15) is 35.6 Å². The summed E-state index contributed by atoms with van der Waals surface area (Å²) in [4.78, 5) is 24.2. The van der Waals surface area contributed by atoms with Gasteiger partial charge in [0.2, 0.25) is 11.6 Å². The van der Waals surface area contributed by atoms with Gasteiger partial charge in [-0.05, 0) is 51.3 Å². The first-order valence-electron chi connectivity index (χ1n) is 9.94. The average molecular weight is 413 g/mol. The molecular weight excluding hydrogens is 388 g/mol. The van der Waals surface area contributed by atoms with Gasteiger partial charge in [0, 0.05) is 30.2 Å².